The number of hydrogen-bond donors (Lipinski definition) is 2. The third-order valence-corrected chi connectivity index (χ3v) is 4.83. The average Bonchev–Trinajstić information content (AvgIpc) is 2.93. The Labute approximate surface area is 142 Å². The van der Waals surface area contributed by atoms with E-state index in [1.807, 2.05) is 23.1 Å². The summed E-state index contributed by atoms with van der Waals surface area (Å²) in [4.78, 5) is 4.53. The normalized spacial score (nSPS) is 21.6. The maximum Gasteiger partial charge on any atom is 0.171 e. The summed E-state index contributed by atoms with van der Waals surface area (Å²) in [7, 11) is 0. The maximum atomic E-state index is 5.47. The zero-order chi connectivity index (χ0) is 16.4. The molecule has 0 spiro atoms. The van der Waals surface area contributed by atoms with Crippen LogP contribution in [0.5, 0.6) is 0 Å². The molecule has 2 aromatic rings. The van der Waals surface area contributed by atoms with Gasteiger partial charge in [-0.15, -0.1) is 0 Å². The topological polar surface area (TPSA) is 54.8 Å². The Morgan fingerprint density at radius 1 is 1.30 bits per heavy atom. The van der Waals surface area contributed by atoms with E-state index in [9.17, 15) is 0 Å². The SMILES string of the molecule is CC(C)n1ncc2cc(NC(=S)N[C@H]3CCCC[C@H]3C)cnc21. The summed E-state index contributed by atoms with van der Waals surface area (Å²) in [5.74, 6) is 0.674. The van der Waals surface area contributed by atoms with Crippen LogP contribution in [0.15, 0.2) is 18.5 Å². The van der Waals surface area contributed by atoms with Crippen molar-refractivity contribution in [3.05, 3.63) is 18.5 Å². The molecule has 0 saturated heterocycles. The molecule has 1 aliphatic rings. The Morgan fingerprint density at radius 2 is 2.09 bits per heavy atom. The van der Waals surface area contributed by atoms with Gasteiger partial charge in [0.1, 0.15) is 0 Å². The van der Waals surface area contributed by atoms with Crippen LogP contribution >= 0.6 is 12.2 Å². The zero-order valence-corrected chi connectivity index (χ0v) is 14.9. The number of nitrogens with one attached hydrogen (secondary N) is 2. The molecule has 1 fully saturated rings. The van der Waals surface area contributed by atoms with Crippen LogP contribution < -0.4 is 10.6 Å². The molecule has 1 saturated carbocycles. The van der Waals surface area contributed by atoms with Crippen LogP contribution in [-0.4, -0.2) is 25.9 Å². The van der Waals surface area contributed by atoms with Gasteiger partial charge in [0.15, 0.2) is 10.8 Å². The fourth-order valence-electron chi connectivity index (χ4n) is 3.25. The summed E-state index contributed by atoms with van der Waals surface area (Å²) >= 11 is 5.47. The Balaban J connectivity index is 1.67. The highest BCUT2D eigenvalue weighted by Crippen LogP contribution is 2.24. The lowest BCUT2D eigenvalue weighted by Gasteiger charge is -2.30. The molecule has 3 rings (SSSR count). The third kappa shape index (κ3) is 3.63. The lowest BCUT2D eigenvalue weighted by molar-refractivity contribution is 0.309. The molecule has 0 bridgehead atoms. The summed E-state index contributed by atoms with van der Waals surface area (Å²) in [6, 6.07) is 2.82. The molecule has 0 aromatic carbocycles. The van der Waals surface area contributed by atoms with Crippen LogP contribution in [0, 0.1) is 5.92 Å². The molecule has 0 unspecified atom stereocenters. The van der Waals surface area contributed by atoms with Crippen LogP contribution in [0.1, 0.15) is 52.5 Å². The van der Waals surface area contributed by atoms with Gasteiger partial charge in [-0.05, 0) is 50.9 Å². The van der Waals surface area contributed by atoms with E-state index < -0.39 is 0 Å². The second kappa shape index (κ2) is 6.83. The van der Waals surface area contributed by atoms with Crippen molar-refractivity contribution in [2.24, 2.45) is 5.92 Å². The minimum Gasteiger partial charge on any atom is -0.359 e. The van der Waals surface area contributed by atoms with Gasteiger partial charge in [0.2, 0.25) is 0 Å². The molecule has 2 heterocycles. The van der Waals surface area contributed by atoms with E-state index in [4.69, 9.17) is 12.2 Å². The van der Waals surface area contributed by atoms with E-state index in [2.05, 4.69) is 41.5 Å². The maximum absolute atomic E-state index is 5.47. The first-order valence-electron chi connectivity index (χ1n) is 8.45. The Morgan fingerprint density at radius 3 is 2.83 bits per heavy atom. The van der Waals surface area contributed by atoms with Gasteiger partial charge in [0.25, 0.3) is 0 Å². The summed E-state index contributed by atoms with van der Waals surface area (Å²) in [6.07, 6.45) is 8.77. The second-order valence-corrected chi connectivity index (χ2v) is 7.19. The Kier molecular flexibility index (Phi) is 4.80. The van der Waals surface area contributed by atoms with Gasteiger partial charge in [-0.3, -0.25) is 0 Å². The summed E-state index contributed by atoms with van der Waals surface area (Å²) in [5.41, 5.74) is 1.81. The van der Waals surface area contributed by atoms with Crippen molar-refractivity contribution in [2.45, 2.75) is 58.5 Å². The van der Waals surface area contributed by atoms with Gasteiger partial charge >= 0.3 is 0 Å². The first-order chi connectivity index (χ1) is 11.0. The Bertz CT molecular complexity index is 693. The minimum atomic E-state index is 0.300. The van der Waals surface area contributed by atoms with E-state index >= 15 is 0 Å². The number of anilines is 1. The van der Waals surface area contributed by atoms with Gasteiger partial charge in [-0.1, -0.05) is 19.8 Å². The molecule has 0 aliphatic heterocycles. The monoisotopic (exact) mass is 331 g/mol. The van der Waals surface area contributed by atoms with Crippen LogP contribution in [0.4, 0.5) is 5.69 Å². The molecule has 0 radical (unpaired) electrons. The van der Waals surface area contributed by atoms with Gasteiger partial charge in [0, 0.05) is 17.5 Å². The van der Waals surface area contributed by atoms with Gasteiger partial charge < -0.3 is 10.6 Å². The highest BCUT2D eigenvalue weighted by Gasteiger charge is 2.21. The molecule has 2 N–H and O–H groups in total. The fraction of sp³-hybridized carbons (Fsp3) is 0.588. The molecule has 5 nitrogen and oxygen atoms in total. The largest absolute Gasteiger partial charge is 0.359 e. The average molecular weight is 331 g/mol. The third-order valence-electron chi connectivity index (χ3n) is 4.61. The zero-order valence-electron chi connectivity index (χ0n) is 14.0. The van der Waals surface area contributed by atoms with E-state index in [0.717, 1.165) is 16.7 Å². The number of hydrogen-bond acceptors (Lipinski definition) is 3. The molecule has 124 valence electrons. The van der Waals surface area contributed by atoms with Crippen LogP contribution in [-0.2, 0) is 0 Å². The Hall–Kier alpha value is -1.69. The number of thiocarbonyl (C=S) groups is 1. The number of nitrogens with zero attached hydrogens (tertiary/aromatic N) is 3. The van der Waals surface area contributed by atoms with Crippen molar-refractivity contribution >= 4 is 34.1 Å². The highest BCUT2D eigenvalue weighted by molar-refractivity contribution is 7.80. The molecule has 0 amide bonds. The summed E-state index contributed by atoms with van der Waals surface area (Å²) in [5, 5.41) is 12.8. The molecule has 23 heavy (non-hydrogen) atoms. The molecular weight excluding hydrogens is 306 g/mol. The van der Waals surface area contributed by atoms with Gasteiger partial charge in [-0.25, -0.2) is 9.67 Å². The number of fused-ring (bicyclic) bond motifs is 1. The second-order valence-electron chi connectivity index (χ2n) is 6.79. The van der Waals surface area contributed by atoms with Gasteiger partial charge in [-0.2, -0.15) is 5.10 Å². The van der Waals surface area contributed by atoms with Gasteiger partial charge in [0.05, 0.1) is 18.1 Å². The van der Waals surface area contributed by atoms with Crippen LogP contribution in [0.2, 0.25) is 0 Å². The fourth-order valence-corrected chi connectivity index (χ4v) is 3.52. The molecular formula is C17H25N5S. The minimum absolute atomic E-state index is 0.300. The van der Waals surface area contributed by atoms with Crippen molar-refractivity contribution in [3.8, 4) is 0 Å². The lowest BCUT2D eigenvalue weighted by Crippen LogP contribution is -2.43. The quantitative estimate of drug-likeness (QED) is 0.836. The summed E-state index contributed by atoms with van der Waals surface area (Å²) < 4.78 is 1.93. The van der Waals surface area contributed by atoms with E-state index in [1.54, 1.807) is 0 Å². The van der Waals surface area contributed by atoms with Crippen LogP contribution in [0.3, 0.4) is 0 Å². The first kappa shape index (κ1) is 16.2. The molecule has 1 aliphatic carbocycles. The number of aromatic nitrogens is 3. The smallest absolute Gasteiger partial charge is 0.171 e. The predicted molar refractivity (Wildman–Crippen MR) is 98.7 cm³/mol. The van der Waals surface area contributed by atoms with Crippen molar-refractivity contribution < 1.29 is 0 Å². The predicted octanol–water partition coefficient (Wildman–Crippen LogP) is 3.88. The molecule has 2 atom stereocenters. The molecule has 6 heteroatoms. The van der Waals surface area contributed by atoms with Crippen molar-refractivity contribution in [1.29, 1.82) is 0 Å². The summed E-state index contributed by atoms with van der Waals surface area (Å²) in [6.45, 7) is 6.50. The van der Waals surface area contributed by atoms with E-state index in [-0.39, 0.29) is 0 Å². The van der Waals surface area contributed by atoms with Crippen LogP contribution in [0.25, 0.3) is 11.0 Å². The molecule has 2 aromatic heterocycles. The number of pyridine rings is 1. The van der Waals surface area contributed by atoms with Crippen molar-refractivity contribution in [3.63, 3.8) is 0 Å². The van der Waals surface area contributed by atoms with Crippen molar-refractivity contribution in [2.75, 3.05) is 5.32 Å². The lowest BCUT2D eigenvalue weighted by atomic mass is 9.86. The van der Waals surface area contributed by atoms with Crippen molar-refractivity contribution in [1.82, 2.24) is 20.1 Å². The van der Waals surface area contributed by atoms with E-state index in [1.165, 1.54) is 25.7 Å². The number of rotatable bonds is 3. The first-order valence-corrected chi connectivity index (χ1v) is 8.86. The van der Waals surface area contributed by atoms with E-state index in [0.29, 0.717) is 23.1 Å². The standard InChI is InChI=1S/C17H25N5S/c1-11(2)22-16-13(9-19-22)8-14(10-18-16)20-17(23)21-15-7-5-4-6-12(15)3/h8-12,15H,4-7H2,1-3H3,(H2,20,21,23)/t12-,15+/m1/s1. The highest BCUT2D eigenvalue weighted by atomic mass is 32.1.